The summed E-state index contributed by atoms with van der Waals surface area (Å²) in [6, 6.07) is 8.67. The van der Waals surface area contributed by atoms with Crippen LogP contribution in [-0.2, 0) is 4.74 Å². The molecule has 0 aliphatic rings. The van der Waals surface area contributed by atoms with Crippen molar-refractivity contribution in [3.05, 3.63) is 35.9 Å². The molecule has 1 rings (SSSR count). The summed E-state index contributed by atoms with van der Waals surface area (Å²) < 4.78 is 4.69. The maximum absolute atomic E-state index is 11.1. The van der Waals surface area contributed by atoms with E-state index in [2.05, 4.69) is 4.74 Å². The van der Waals surface area contributed by atoms with E-state index >= 15 is 0 Å². The Morgan fingerprint density at radius 3 is 2.54 bits per heavy atom. The van der Waals surface area contributed by atoms with Crippen LogP contribution in [0, 0.1) is 0 Å². The zero-order chi connectivity index (χ0) is 8.81. The molecule has 0 spiro atoms. The van der Waals surface area contributed by atoms with Gasteiger partial charge in [0.05, 0.1) is 12.2 Å². The third kappa shape index (κ3) is 4.43. The molecule has 1 aromatic rings. The van der Waals surface area contributed by atoms with Crippen LogP contribution in [0.2, 0.25) is 0 Å². The van der Waals surface area contributed by atoms with Gasteiger partial charge in [-0.2, -0.15) is 0 Å². The van der Waals surface area contributed by atoms with E-state index in [0.29, 0.717) is 5.56 Å². The number of aliphatic hydroxyl groups excluding tert-OH is 1. The van der Waals surface area contributed by atoms with Gasteiger partial charge in [-0.15, -0.1) is 0 Å². The van der Waals surface area contributed by atoms with Gasteiger partial charge in [-0.05, 0) is 12.1 Å². The van der Waals surface area contributed by atoms with Crippen LogP contribution >= 0.6 is 0 Å². The maximum atomic E-state index is 11.1. The van der Waals surface area contributed by atoms with Gasteiger partial charge in [-0.3, -0.25) is 0 Å². The third-order valence-electron chi connectivity index (χ3n) is 1.33. The smallest absolute Gasteiger partial charge is 1.00 e. The predicted octanol–water partition coefficient (Wildman–Crippen LogP) is -2.05. The zero-order valence-corrected chi connectivity index (χ0v) is 9.56. The van der Waals surface area contributed by atoms with Crippen molar-refractivity contribution in [1.29, 1.82) is 0 Å². The van der Waals surface area contributed by atoms with Gasteiger partial charge in [0.15, 0.2) is 0 Å². The van der Waals surface area contributed by atoms with Crippen molar-refractivity contribution in [3.63, 3.8) is 0 Å². The van der Waals surface area contributed by atoms with Crippen LogP contribution in [0.15, 0.2) is 30.3 Å². The van der Waals surface area contributed by atoms with Gasteiger partial charge in [0.2, 0.25) is 0 Å². The van der Waals surface area contributed by atoms with Gasteiger partial charge in [-0.25, -0.2) is 4.79 Å². The van der Waals surface area contributed by atoms with Gasteiger partial charge >= 0.3 is 35.5 Å². The number of rotatable bonds is 3. The van der Waals surface area contributed by atoms with Gasteiger partial charge < -0.3 is 11.3 Å². The summed E-state index contributed by atoms with van der Waals surface area (Å²) in [4.78, 5) is 11.1. The standard InChI is InChI=1S/C9H10O3.Na.H/c10-6-7-12-9(11)8-4-2-1-3-5-8;;/h1-5,10H,6-7H2;;/q;+1;-1. The number of hydrogen-bond acceptors (Lipinski definition) is 3. The number of carbonyl (C=O) groups is 1. The van der Waals surface area contributed by atoms with Crippen LogP contribution < -0.4 is 29.6 Å². The summed E-state index contributed by atoms with van der Waals surface area (Å²) in [7, 11) is 0. The molecule has 1 N–H and O–H groups in total. The van der Waals surface area contributed by atoms with Crippen LogP contribution in [-0.4, -0.2) is 24.3 Å². The minimum absolute atomic E-state index is 0. The summed E-state index contributed by atoms with van der Waals surface area (Å²) in [6.45, 7) is -0.0910. The molecule has 0 amide bonds. The minimum Gasteiger partial charge on any atom is -1.00 e. The van der Waals surface area contributed by atoms with E-state index in [4.69, 9.17) is 5.11 Å². The van der Waals surface area contributed by atoms with E-state index in [1.807, 2.05) is 6.07 Å². The predicted molar refractivity (Wildman–Crippen MR) is 44.9 cm³/mol. The fraction of sp³-hybridized carbons (Fsp3) is 0.222. The van der Waals surface area contributed by atoms with Crippen molar-refractivity contribution in [3.8, 4) is 0 Å². The monoisotopic (exact) mass is 190 g/mol. The third-order valence-corrected chi connectivity index (χ3v) is 1.33. The molecule has 0 atom stereocenters. The number of hydrogen-bond donors (Lipinski definition) is 1. The van der Waals surface area contributed by atoms with Crippen LogP contribution in [0.3, 0.4) is 0 Å². The van der Waals surface area contributed by atoms with E-state index in [1.165, 1.54) is 0 Å². The van der Waals surface area contributed by atoms with E-state index in [1.54, 1.807) is 24.3 Å². The summed E-state index contributed by atoms with van der Waals surface area (Å²) in [5.74, 6) is -0.398. The van der Waals surface area contributed by atoms with Crippen molar-refractivity contribution in [1.82, 2.24) is 0 Å². The molecule has 0 aromatic heterocycles. The largest absolute Gasteiger partial charge is 1.00 e. The fourth-order valence-corrected chi connectivity index (χ4v) is 0.796. The van der Waals surface area contributed by atoms with Gasteiger partial charge in [0.1, 0.15) is 6.61 Å². The molecule has 0 aliphatic heterocycles. The van der Waals surface area contributed by atoms with Gasteiger partial charge in [-0.1, -0.05) is 18.2 Å². The van der Waals surface area contributed by atoms with Crippen LogP contribution in [0.4, 0.5) is 0 Å². The first-order chi connectivity index (χ1) is 5.84. The van der Waals surface area contributed by atoms with Gasteiger partial charge in [0.25, 0.3) is 0 Å². The first kappa shape index (κ1) is 12.7. The average molecular weight is 190 g/mol. The summed E-state index contributed by atoms with van der Waals surface area (Å²) in [6.07, 6.45) is 0. The molecule has 1 aromatic carbocycles. The molecule has 0 fully saturated rings. The van der Waals surface area contributed by atoms with E-state index < -0.39 is 5.97 Å². The second-order valence-electron chi connectivity index (χ2n) is 2.23. The van der Waals surface area contributed by atoms with Crippen LogP contribution in [0.5, 0.6) is 0 Å². The molecule has 0 saturated heterocycles. The van der Waals surface area contributed by atoms with Crippen molar-refractivity contribution in [2.75, 3.05) is 13.2 Å². The first-order valence-corrected chi connectivity index (χ1v) is 3.67. The molecule has 3 nitrogen and oxygen atoms in total. The topological polar surface area (TPSA) is 46.5 Å². The molecule has 13 heavy (non-hydrogen) atoms. The molecule has 0 saturated carbocycles. The number of esters is 1. The SMILES string of the molecule is O=C(OCCO)c1ccccc1.[H-].[Na+]. The van der Waals surface area contributed by atoms with E-state index in [0.717, 1.165) is 0 Å². The number of aliphatic hydroxyl groups is 1. The first-order valence-electron chi connectivity index (χ1n) is 3.67. The fourth-order valence-electron chi connectivity index (χ4n) is 0.796. The molecule has 0 aliphatic carbocycles. The minimum atomic E-state index is -0.398. The molecular weight excluding hydrogens is 179 g/mol. The number of ether oxygens (including phenoxy) is 1. The molecule has 0 unspecified atom stereocenters. The Morgan fingerprint density at radius 2 is 2.00 bits per heavy atom. The zero-order valence-electron chi connectivity index (χ0n) is 8.56. The molecule has 0 radical (unpaired) electrons. The summed E-state index contributed by atoms with van der Waals surface area (Å²) in [5, 5.41) is 8.38. The molecule has 66 valence electrons. The second kappa shape index (κ2) is 7.09. The Morgan fingerprint density at radius 1 is 1.38 bits per heavy atom. The van der Waals surface area contributed by atoms with Crippen molar-refractivity contribution in [2.24, 2.45) is 0 Å². The Bertz CT molecular complexity index is 253. The van der Waals surface area contributed by atoms with E-state index in [9.17, 15) is 4.79 Å². The van der Waals surface area contributed by atoms with Crippen molar-refractivity contribution < 1.29 is 45.6 Å². The maximum Gasteiger partial charge on any atom is 1.00 e. The summed E-state index contributed by atoms with van der Waals surface area (Å²) >= 11 is 0. The number of benzene rings is 1. The van der Waals surface area contributed by atoms with Crippen molar-refractivity contribution in [2.45, 2.75) is 0 Å². The van der Waals surface area contributed by atoms with Crippen molar-refractivity contribution >= 4 is 5.97 Å². The molecular formula is C9H11NaO3. The normalized spacial score (nSPS) is 8.69. The van der Waals surface area contributed by atoms with E-state index in [-0.39, 0.29) is 44.2 Å². The number of carbonyl (C=O) groups excluding carboxylic acids is 1. The Labute approximate surface area is 100 Å². The Balaban J connectivity index is 0. The van der Waals surface area contributed by atoms with Gasteiger partial charge in [0, 0.05) is 0 Å². The quantitative estimate of drug-likeness (QED) is 0.441. The molecule has 4 heteroatoms. The van der Waals surface area contributed by atoms with Crippen LogP contribution in [0.1, 0.15) is 11.8 Å². The second-order valence-corrected chi connectivity index (χ2v) is 2.23. The molecule has 0 heterocycles. The average Bonchev–Trinajstić information content (AvgIpc) is 2.15. The Kier molecular flexibility index (Phi) is 6.90. The van der Waals surface area contributed by atoms with Crippen LogP contribution in [0.25, 0.3) is 0 Å². The Hall–Kier alpha value is -0.350. The molecule has 0 bridgehead atoms. The summed E-state index contributed by atoms with van der Waals surface area (Å²) in [5.41, 5.74) is 0.506.